The molecule has 1 fully saturated rings. The first-order chi connectivity index (χ1) is 10.3. The molecular formula is C12H14F3N5S2. The van der Waals surface area contributed by atoms with Gasteiger partial charge in [0.05, 0.1) is 11.6 Å². The number of benzene rings is 1. The molecule has 0 spiro atoms. The second-order valence-corrected chi connectivity index (χ2v) is 6.50. The van der Waals surface area contributed by atoms with Crippen LogP contribution < -0.4 is 11.5 Å². The van der Waals surface area contributed by atoms with E-state index < -0.39 is 5.51 Å². The average molecular weight is 349 g/mol. The van der Waals surface area contributed by atoms with E-state index in [1.165, 1.54) is 24.3 Å². The van der Waals surface area contributed by atoms with Crippen LogP contribution in [0.2, 0.25) is 0 Å². The summed E-state index contributed by atoms with van der Waals surface area (Å²) in [5.74, 6) is 1.98. The van der Waals surface area contributed by atoms with E-state index in [0.29, 0.717) is 5.69 Å². The predicted molar refractivity (Wildman–Crippen MR) is 85.3 cm³/mol. The van der Waals surface area contributed by atoms with Crippen LogP contribution in [0.25, 0.3) is 0 Å². The molecule has 1 aromatic carbocycles. The Kier molecular flexibility index (Phi) is 5.46. The number of rotatable bonds is 2. The van der Waals surface area contributed by atoms with Gasteiger partial charge in [-0.1, -0.05) is 0 Å². The Balaban J connectivity index is 2.03. The minimum absolute atomic E-state index is 0.0365. The molecule has 0 amide bonds. The molecule has 0 aliphatic carbocycles. The van der Waals surface area contributed by atoms with E-state index in [4.69, 9.17) is 11.5 Å². The number of nitrogens with two attached hydrogens (primary N) is 2. The highest BCUT2D eigenvalue weighted by molar-refractivity contribution is 8.00. The van der Waals surface area contributed by atoms with Gasteiger partial charge in [0.25, 0.3) is 0 Å². The third-order valence-corrected chi connectivity index (χ3v) is 4.32. The topological polar surface area (TPSA) is 80.0 Å². The van der Waals surface area contributed by atoms with Crippen LogP contribution in [-0.2, 0) is 0 Å². The highest BCUT2D eigenvalue weighted by atomic mass is 32.2. The van der Waals surface area contributed by atoms with Crippen molar-refractivity contribution in [2.24, 2.45) is 21.5 Å². The van der Waals surface area contributed by atoms with E-state index in [9.17, 15) is 13.2 Å². The van der Waals surface area contributed by atoms with Crippen molar-refractivity contribution >= 4 is 41.1 Å². The molecule has 120 valence electrons. The minimum atomic E-state index is -4.31. The third kappa shape index (κ3) is 5.34. The summed E-state index contributed by atoms with van der Waals surface area (Å²) in [6, 6.07) is 5.54. The molecule has 10 heteroatoms. The largest absolute Gasteiger partial charge is 0.446 e. The fourth-order valence-corrected chi connectivity index (χ4v) is 3.16. The van der Waals surface area contributed by atoms with Crippen molar-refractivity contribution in [1.29, 1.82) is 0 Å². The normalized spacial score (nSPS) is 17.1. The lowest BCUT2D eigenvalue weighted by Gasteiger charge is -2.14. The summed E-state index contributed by atoms with van der Waals surface area (Å²) < 4.78 is 36.7. The summed E-state index contributed by atoms with van der Waals surface area (Å²) in [5, 5.41) is 0. The molecule has 0 bridgehead atoms. The maximum absolute atomic E-state index is 12.2. The zero-order valence-corrected chi connectivity index (χ0v) is 13.0. The Morgan fingerprint density at radius 2 is 1.91 bits per heavy atom. The Labute approximate surface area is 134 Å². The Morgan fingerprint density at radius 1 is 1.23 bits per heavy atom. The predicted octanol–water partition coefficient (Wildman–Crippen LogP) is 2.57. The van der Waals surface area contributed by atoms with Crippen LogP contribution >= 0.6 is 23.5 Å². The van der Waals surface area contributed by atoms with Crippen LogP contribution in [0.3, 0.4) is 0 Å². The molecule has 1 heterocycles. The van der Waals surface area contributed by atoms with Crippen molar-refractivity contribution in [2.45, 2.75) is 10.4 Å². The Bertz CT molecular complexity index is 565. The van der Waals surface area contributed by atoms with Gasteiger partial charge < -0.3 is 16.4 Å². The number of halogens is 3. The standard InChI is InChI=1S/C12H14F3N5S2/c13-12(14,15)22-9-3-1-8(2-4-9)18-10(16)19-11(17)20-5-6-21-7-20/h1-4H,5-7H2,(H4,16,17,18,19). The molecule has 0 aromatic heterocycles. The first-order valence-corrected chi connectivity index (χ1v) is 8.17. The molecule has 1 aliphatic heterocycles. The second kappa shape index (κ2) is 7.14. The summed E-state index contributed by atoms with van der Waals surface area (Å²) in [6.45, 7) is 0.802. The van der Waals surface area contributed by atoms with Crippen LogP contribution in [0.15, 0.2) is 39.1 Å². The molecule has 1 aliphatic rings. The number of aliphatic imine (C=N–C) groups is 2. The van der Waals surface area contributed by atoms with E-state index >= 15 is 0 Å². The van der Waals surface area contributed by atoms with E-state index in [1.54, 1.807) is 11.8 Å². The van der Waals surface area contributed by atoms with Gasteiger partial charge in [0.15, 0.2) is 5.96 Å². The van der Waals surface area contributed by atoms with Crippen molar-refractivity contribution in [2.75, 3.05) is 18.2 Å². The van der Waals surface area contributed by atoms with Crippen molar-refractivity contribution in [3.63, 3.8) is 0 Å². The van der Waals surface area contributed by atoms with Crippen molar-refractivity contribution in [3.8, 4) is 0 Å². The highest BCUT2D eigenvalue weighted by Crippen LogP contribution is 2.37. The molecule has 1 saturated heterocycles. The molecule has 0 unspecified atom stereocenters. The number of nitrogens with zero attached hydrogens (tertiary/aromatic N) is 3. The van der Waals surface area contributed by atoms with Crippen LogP contribution in [-0.4, -0.2) is 40.5 Å². The van der Waals surface area contributed by atoms with E-state index in [-0.39, 0.29) is 28.6 Å². The van der Waals surface area contributed by atoms with Crippen molar-refractivity contribution in [3.05, 3.63) is 24.3 Å². The molecule has 5 nitrogen and oxygen atoms in total. The van der Waals surface area contributed by atoms with Gasteiger partial charge >= 0.3 is 5.51 Å². The fourth-order valence-electron chi connectivity index (χ4n) is 1.66. The van der Waals surface area contributed by atoms with Crippen LogP contribution in [0, 0.1) is 0 Å². The van der Waals surface area contributed by atoms with Gasteiger partial charge in [-0.25, -0.2) is 4.99 Å². The van der Waals surface area contributed by atoms with E-state index in [0.717, 1.165) is 18.2 Å². The third-order valence-electron chi connectivity index (χ3n) is 2.62. The summed E-state index contributed by atoms with van der Waals surface area (Å²) in [4.78, 5) is 9.95. The maximum Gasteiger partial charge on any atom is 0.446 e. The SMILES string of the molecule is NC(=Nc1ccc(SC(F)(F)F)cc1)/N=C(/N)N1CCSC1. The van der Waals surface area contributed by atoms with Crippen LogP contribution in [0.4, 0.5) is 18.9 Å². The van der Waals surface area contributed by atoms with Gasteiger partial charge in [0.1, 0.15) is 0 Å². The number of hydrogen-bond donors (Lipinski definition) is 2. The molecule has 22 heavy (non-hydrogen) atoms. The van der Waals surface area contributed by atoms with E-state index in [2.05, 4.69) is 9.98 Å². The lowest BCUT2D eigenvalue weighted by Crippen LogP contribution is -2.36. The van der Waals surface area contributed by atoms with E-state index in [1.807, 2.05) is 4.90 Å². The highest BCUT2D eigenvalue weighted by Gasteiger charge is 2.28. The lowest BCUT2D eigenvalue weighted by molar-refractivity contribution is -0.0328. The smallest absolute Gasteiger partial charge is 0.369 e. The average Bonchev–Trinajstić information content (AvgIpc) is 2.93. The summed E-state index contributed by atoms with van der Waals surface area (Å²) in [7, 11) is 0. The van der Waals surface area contributed by atoms with Gasteiger partial charge in [-0.05, 0) is 36.0 Å². The Morgan fingerprint density at radius 3 is 2.45 bits per heavy atom. The number of guanidine groups is 2. The molecule has 1 aromatic rings. The van der Waals surface area contributed by atoms with Crippen LogP contribution in [0.1, 0.15) is 0 Å². The zero-order valence-electron chi connectivity index (χ0n) is 11.4. The molecule has 0 atom stereocenters. The Hall–Kier alpha value is -1.55. The molecular weight excluding hydrogens is 335 g/mol. The first kappa shape index (κ1) is 16.8. The molecule has 0 radical (unpaired) electrons. The second-order valence-electron chi connectivity index (χ2n) is 4.28. The lowest BCUT2D eigenvalue weighted by atomic mass is 10.3. The zero-order chi connectivity index (χ0) is 16.2. The van der Waals surface area contributed by atoms with Gasteiger partial charge in [-0.15, -0.1) is 11.8 Å². The molecule has 0 saturated carbocycles. The fraction of sp³-hybridized carbons (Fsp3) is 0.333. The van der Waals surface area contributed by atoms with Crippen molar-refractivity contribution < 1.29 is 13.2 Å². The monoisotopic (exact) mass is 349 g/mol. The number of thioether (sulfide) groups is 2. The number of alkyl halides is 3. The first-order valence-electron chi connectivity index (χ1n) is 6.20. The summed E-state index contributed by atoms with van der Waals surface area (Å²) in [5.41, 5.74) is 7.58. The van der Waals surface area contributed by atoms with Gasteiger partial charge in [-0.2, -0.15) is 18.2 Å². The number of hydrogen-bond acceptors (Lipinski definition) is 3. The summed E-state index contributed by atoms with van der Waals surface area (Å²) >= 11 is 1.56. The van der Waals surface area contributed by atoms with Gasteiger partial charge in [-0.3, -0.25) is 0 Å². The van der Waals surface area contributed by atoms with Gasteiger partial charge in [0, 0.05) is 17.2 Å². The van der Waals surface area contributed by atoms with Crippen molar-refractivity contribution in [1.82, 2.24) is 4.90 Å². The minimum Gasteiger partial charge on any atom is -0.369 e. The molecule has 2 rings (SSSR count). The van der Waals surface area contributed by atoms with Crippen LogP contribution in [0.5, 0.6) is 0 Å². The quantitative estimate of drug-likeness (QED) is 0.487. The maximum atomic E-state index is 12.2. The molecule has 4 N–H and O–H groups in total. The van der Waals surface area contributed by atoms with Gasteiger partial charge in [0.2, 0.25) is 5.96 Å². The summed E-state index contributed by atoms with van der Waals surface area (Å²) in [6.07, 6.45) is 0.